The van der Waals surface area contributed by atoms with E-state index in [0.717, 1.165) is 12.8 Å². The van der Waals surface area contributed by atoms with E-state index in [1.807, 2.05) is 0 Å². The van der Waals surface area contributed by atoms with Gasteiger partial charge in [0.25, 0.3) is 0 Å². The van der Waals surface area contributed by atoms with Crippen LogP contribution in [0.15, 0.2) is 27.9 Å². The molecule has 0 bridgehead atoms. The Bertz CT molecular complexity index is 345. The second-order valence-electron chi connectivity index (χ2n) is 4.33. The molecule has 0 aliphatic carbocycles. The summed E-state index contributed by atoms with van der Waals surface area (Å²) in [5, 5.41) is 3.82. The molecule has 18 heavy (non-hydrogen) atoms. The van der Waals surface area contributed by atoms with Gasteiger partial charge in [0.1, 0.15) is 5.76 Å². The van der Waals surface area contributed by atoms with Crippen molar-refractivity contribution in [2.75, 3.05) is 0 Å². The Morgan fingerprint density at radius 2 is 2.11 bits per heavy atom. The number of hydrazone groups is 1. The normalized spacial score (nSPS) is 10.9. The maximum absolute atomic E-state index is 11.4. The largest absolute Gasteiger partial charge is 0.463 e. The van der Waals surface area contributed by atoms with E-state index in [-0.39, 0.29) is 5.91 Å². The van der Waals surface area contributed by atoms with Crippen LogP contribution in [-0.4, -0.2) is 12.1 Å². The molecule has 0 fully saturated rings. The fourth-order valence-corrected chi connectivity index (χ4v) is 1.65. The highest BCUT2D eigenvalue weighted by molar-refractivity contribution is 5.80. The predicted octanol–water partition coefficient (Wildman–Crippen LogP) is 3.48. The lowest BCUT2D eigenvalue weighted by atomic mass is 10.1. The fraction of sp³-hybridized carbons (Fsp3) is 0.571. The SMILES string of the molecule is CCCCCCCCC(=O)NN=Cc1ccco1. The summed E-state index contributed by atoms with van der Waals surface area (Å²) in [6, 6.07) is 3.56. The van der Waals surface area contributed by atoms with Gasteiger partial charge in [-0.2, -0.15) is 5.10 Å². The molecule has 0 saturated heterocycles. The van der Waals surface area contributed by atoms with Gasteiger partial charge in [-0.25, -0.2) is 5.43 Å². The number of amides is 1. The van der Waals surface area contributed by atoms with Gasteiger partial charge in [0.2, 0.25) is 5.91 Å². The van der Waals surface area contributed by atoms with Gasteiger partial charge >= 0.3 is 0 Å². The molecule has 0 unspecified atom stereocenters. The highest BCUT2D eigenvalue weighted by atomic mass is 16.3. The van der Waals surface area contributed by atoms with E-state index in [9.17, 15) is 4.79 Å². The zero-order chi connectivity index (χ0) is 13.1. The van der Waals surface area contributed by atoms with Crippen molar-refractivity contribution in [3.8, 4) is 0 Å². The van der Waals surface area contributed by atoms with Crippen LogP contribution >= 0.6 is 0 Å². The molecule has 0 spiro atoms. The Morgan fingerprint density at radius 3 is 2.83 bits per heavy atom. The number of carbonyl (C=O) groups excluding carboxylic acids is 1. The molecule has 4 nitrogen and oxygen atoms in total. The maximum atomic E-state index is 11.4. The standard InChI is InChI=1S/C14H22N2O2/c1-2-3-4-5-6-7-10-14(17)16-15-12-13-9-8-11-18-13/h8-9,11-12H,2-7,10H2,1H3,(H,16,17). The van der Waals surface area contributed by atoms with Gasteiger partial charge in [-0.3, -0.25) is 4.79 Å². The van der Waals surface area contributed by atoms with Gasteiger partial charge in [-0.05, 0) is 18.6 Å². The molecule has 1 N–H and O–H groups in total. The summed E-state index contributed by atoms with van der Waals surface area (Å²) in [7, 11) is 0. The molecule has 100 valence electrons. The van der Waals surface area contributed by atoms with Crippen molar-refractivity contribution in [1.82, 2.24) is 5.43 Å². The van der Waals surface area contributed by atoms with Crippen LogP contribution in [-0.2, 0) is 4.79 Å². The summed E-state index contributed by atoms with van der Waals surface area (Å²) in [4.78, 5) is 11.4. The topological polar surface area (TPSA) is 54.6 Å². The first-order valence-corrected chi connectivity index (χ1v) is 6.68. The lowest BCUT2D eigenvalue weighted by molar-refractivity contribution is -0.121. The van der Waals surface area contributed by atoms with Crippen LogP contribution in [0.2, 0.25) is 0 Å². The van der Waals surface area contributed by atoms with Crippen molar-refractivity contribution in [3.63, 3.8) is 0 Å². The summed E-state index contributed by atoms with van der Waals surface area (Å²) in [5.74, 6) is 0.600. The molecule has 0 radical (unpaired) electrons. The first-order valence-electron chi connectivity index (χ1n) is 6.68. The number of carbonyl (C=O) groups is 1. The van der Waals surface area contributed by atoms with E-state index in [4.69, 9.17) is 4.42 Å². The molecule has 1 aromatic rings. The molecule has 0 aliphatic rings. The average molecular weight is 250 g/mol. The van der Waals surface area contributed by atoms with Crippen molar-refractivity contribution in [3.05, 3.63) is 24.2 Å². The number of hydrogen-bond acceptors (Lipinski definition) is 3. The maximum Gasteiger partial charge on any atom is 0.240 e. The van der Waals surface area contributed by atoms with Crippen molar-refractivity contribution in [1.29, 1.82) is 0 Å². The van der Waals surface area contributed by atoms with Crippen LogP contribution in [0, 0.1) is 0 Å². The zero-order valence-electron chi connectivity index (χ0n) is 11.0. The van der Waals surface area contributed by atoms with Gasteiger partial charge in [-0.15, -0.1) is 0 Å². The third-order valence-electron chi connectivity index (χ3n) is 2.68. The molecule has 0 aromatic carbocycles. The molecule has 0 atom stereocenters. The first-order chi connectivity index (χ1) is 8.83. The van der Waals surface area contributed by atoms with Gasteiger partial charge in [-0.1, -0.05) is 39.0 Å². The Balaban J connectivity index is 2.00. The smallest absolute Gasteiger partial charge is 0.240 e. The van der Waals surface area contributed by atoms with E-state index in [1.165, 1.54) is 31.9 Å². The Labute approximate surface area is 108 Å². The zero-order valence-corrected chi connectivity index (χ0v) is 11.0. The van der Waals surface area contributed by atoms with Gasteiger partial charge in [0.15, 0.2) is 0 Å². The van der Waals surface area contributed by atoms with Crippen molar-refractivity contribution in [2.24, 2.45) is 5.10 Å². The van der Waals surface area contributed by atoms with E-state index in [0.29, 0.717) is 12.2 Å². The van der Waals surface area contributed by atoms with Crippen molar-refractivity contribution in [2.45, 2.75) is 51.9 Å². The molecule has 0 saturated carbocycles. The minimum absolute atomic E-state index is 0.0340. The number of nitrogens with zero attached hydrogens (tertiary/aromatic N) is 1. The van der Waals surface area contributed by atoms with Crippen LogP contribution in [0.3, 0.4) is 0 Å². The highest BCUT2D eigenvalue weighted by Crippen LogP contribution is 2.06. The van der Waals surface area contributed by atoms with E-state index in [2.05, 4.69) is 17.5 Å². The Hall–Kier alpha value is -1.58. The number of nitrogens with one attached hydrogen (secondary N) is 1. The number of rotatable bonds is 9. The van der Waals surface area contributed by atoms with Gasteiger partial charge < -0.3 is 4.42 Å². The second-order valence-corrected chi connectivity index (χ2v) is 4.33. The third-order valence-corrected chi connectivity index (χ3v) is 2.68. The van der Waals surface area contributed by atoms with Crippen molar-refractivity contribution < 1.29 is 9.21 Å². The van der Waals surface area contributed by atoms with Crippen LogP contribution in [0.5, 0.6) is 0 Å². The lowest BCUT2D eigenvalue weighted by Crippen LogP contribution is -2.16. The molecule has 1 rings (SSSR count). The quantitative estimate of drug-likeness (QED) is 0.414. The summed E-state index contributed by atoms with van der Waals surface area (Å²) in [6.45, 7) is 2.20. The molecule has 0 aliphatic heterocycles. The molecular formula is C14H22N2O2. The lowest BCUT2D eigenvalue weighted by Gasteiger charge is -2.00. The van der Waals surface area contributed by atoms with Crippen LogP contribution in [0.25, 0.3) is 0 Å². The monoisotopic (exact) mass is 250 g/mol. The molecular weight excluding hydrogens is 228 g/mol. The minimum atomic E-state index is -0.0340. The van der Waals surface area contributed by atoms with Gasteiger partial charge in [0, 0.05) is 6.42 Å². The second kappa shape index (κ2) is 9.45. The number of unbranched alkanes of at least 4 members (excludes halogenated alkanes) is 5. The average Bonchev–Trinajstić information content (AvgIpc) is 2.87. The minimum Gasteiger partial charge on any atom is -0.463 e. The van der Waals surface area contributed by atoms with Crippen LogP contribution < -0.4 is 5.43 Å². The third kappa shape index (κ3) is 6.89. The Kier molecular flexibility index (Phi) is 7.60. The Morgan fingerprint density at radius 1 is 1.33 bits per heavy atom. The van der Waals surface area contributed by atoms with Crippen LogP contribution in [0.1, 0.15) is 57.6 Å². The molecule has 4 heteroatoms. The van der Waals surface area contributed by atoms with Crippen molar-refractivity contribution >= 4 is 12.1 Å². The summed E-state index contributed by atoms with van der Waals surface area (Å²) < 4.78 is 5.05. The summed E-state index contributed by atoms with van der Waals surface area (Å²) in [6.07, 6.45) is 10.7. The number of hydrogen-bond donors (Lipinski definition) is 1. The van der Waals surface area contributed by atoms with Gasteiger partial charge in [0.05, 0.1) is 12.5 Å². The molecule has 1 amide bonds. The molecule has 1 aromatic heterocycles. The highest BCUT2D eigenvalue weighted by Gasteiger charge is 1.99. The van der Waals surface area contributed by atoms with E-state index >= 15 is 0 Å². The fourth-order valence-electron chi connectivity index (χ4n) is 1.65. The number of furan rings is 1. The van der Waals surface area contributed by atoms with Crippen LogP contribution in [0.4, 0.5) is 0 Å². The van der Waals surface area contributed by atoms with E-state index in [1.54, 1.807) is 18.4 Å². The summed E-state index contributed by atoms with van der Waals surface area (Å²) >= 11 is 0. The first kappa shape index (κ1) is 14.5. The van der Waals surface area contributed by atoms with E-state index < -0.39 is 0 Å². The summed E-state index contributed by atoms with van der Waals surface area (Å²) in [5.41, 5.74) is 2.49. The molecule has 1 heterocycles. The predicted molar refractivity (Wildman–Crippen MR) is 72.4 cm³/mol.